The number of aromatic nitrogens is 1. The van der Waals surface area contributed by atoms with Crippen LogP contribution in [0.5, 0.6) is 0 Å². The van der Waals surface area contributed by atoms with E-state index < -0.39 is 14.6 Å². The lowest BCUT2D eigenvalue weighted by atomic mass is 9.83. The number of amides is 1. The molecule has 4 rings (SSSR count). The number of pyridine rings is 1. The molecule has 7 heteroatoms. The van der Waals surface area contributed by atoms with E-state index in [1.54, 1.807) is 17.3 Å². The van der Waals surface area contributed by atoms with Gasteiger partial charge in [0.15, 0.2) is 9.84 Å². The summed E-state index contributed by atoms with van der Waals surface area (Å²) in [5.41, 5.74) is 0.977. The molecule has 1 aromatic heterocycles. The van der Waals surface area contributed by atoms with Crippen LogP contribution < -0.4 is 0 Å². The highest BCUT2D eigenvalue weighted by molar-refractivity contribution is 7.93. The van der Waals surface area contributed by atoms with Crippen LogP contribution in [0.4, 0.5) is 0 Å². The third-order valence-corrected chi connectivity index (χ3v) is 8.67. The lowest BCUT2D eigenvalue weighted by Crippen LogP contribution is -2.69. The van der Waals surface area contributed by atoms with Crippen LogP contribution in [0.1, 0.15) is 25.3 Å². The molecule has 2 aliphatic heterocycles. The van der Waals surface area contributed by atoms with Gasteiger partial charge in [-0.15, -0.1) is 0 Å². The molecule has 3 heterocycles. The van der Waals surface area contributed by atoms with Crippen LogP contribution >= 0.6 is 0 Å². The first kappa shape index (κ1) is 17.0. The molecule has 3 aliphatic rings. The maximum Gasteiger partial charge on any atom is 0.226 e. The average Bonchev–Trinajstić information content (AvgIpc) is 3.21. The highest BCUT2D eigenvalue weighted by Gasteiger charge is 2.63. The molecular weight excluding hydrogens is 340 g/mol. The Morgan fingerprint density at radius 1 is 1.44 bits per heavy atom. The average molecular weight is 364 g/mol. The summed E-state index contributed by atoms with van der Waals surface area (Å²) in [4.78, 5) is 18.1. The molecule has 0 bridgehead atoms. The van der Waals surface area contributed by atoms with Gasteiger partial charge in [-0.25, -0.2) is 8.42 Å². The molecule has 1 spiro atoms. The predicted octanol–water partition coefficient (Wildman–Crippen LogP) is 1.27. The first-order valence-electron chi connectivity index (χ1n) is 8.91. The molecule has 1 aromatic rings. The number of nitrogens with zero attached hydrogens (tertiary/aromatic N) is 2. The number of ether oxygens (including phenoxy) is 1. The van der Waals surface area contributed by atoms with Gasteiger partial charge in [0.2, 0.25) is 5.91 Å². The van der Waals surface area contributed by atoms with Crippen molar-refractivity contribution in [3.63, 3.8) is 0 Å². The first-order valence-corrected chi connectivity index (χ1v) is 10.6. The minimum atomic E-state index is -3.17. The fraction of sp³-hybridized carbons (Fsp3) is 0.667. The molecule has 2 saturated heterocycles. The Morgan fingerprint density at radius 2 is 2.20 bits per heavy atom. The summed E-state index contributed by atoms with van der Waals surface area (Å²) < 4.78 is 30.3. The third-order valence-electron chi connectivity index (χ3n) is 6.06. The van der Waals surface area contributed by atoms with E-state index in [0.29, 0.717) is 38.6 Å². The maximum absolute atomic E-state index is 12.6. The van der Waals surface area contributed by atoms with E-state index >= 15 is 0 Å². The molecular formula is C18H24N2O4S. The second kappa shape index (κ2) is 6.06. The third kappa shape index (κ3) is 2.87. The molecule has 6 nitrogen and oxygen atoms in total. The van der Waals surface area contributed by atoms with Gasteiger partial charge < -0.3 is 9.64 Å². The normalized spacial score (nSPS) is 31.7. The highest BCUT2D eigenvalue weighted by atomic mass is 32.2. The van der Waals surface area contributed by atoms with Crippen molar-refractivity contribution in [3.8, 4) is 0 Å². The molecule has 1 saturated carbocycles. The van der Waals surface area contributed by atoms with Gasteiger partial charge in [-0.05, 0) is 30.4 Å². The van der Waals surface area contributed by atoms with Crippen LogP contribution in [0.2, 0.25) is 0 Å². The van der Waals surface area contributed by atoms with Gasteiger partial charge in [-0.1, -0.05) is 13.0 Å². The maximum atomic E-state index is 12.6. The summed E-state index contributed by atoms with van der Waals surface area (Å²) in [5, 5.41) is 0. The van der Waals surface area contributed by atoms with E-state index in [-0.39, 0.29) is 23.5 Å². The first-order chi connectivity index (χ1) is 11.9. The fourth-order valence-corrected chi connectivity index (χ4v) is 6.57. The van der Waals surface area contributed by atoms with E-state index in [1.165, 1.54) is 0 Å². The van der Waals surface area contributed by atoms with Gasteiger partial charge in [0.1, 0.15) is 4.75 Å². The van der Waals surface area contributed by atoms with Gasteiger partial charge >= 0.3 is 0 Å². The summed E-state index contributed by atoms with van der Waals surface area (Å²) in [6.07, 6.45) is 5.02. The Kier molecular flexibility index (Phi) is 4.11. The van der Waals surface area contributed by atoms with Crippen LogP contribution in [0, 0.1) is 17.8 Å². The highest BCUT2D eigenvalue weighted by Crippen LogP contribution is 2.47. The van der Waals surface area contributed by atoms with Gasteiger partial charge in [0, 0.05) is 37.3 Å². The standard InChI is InChI=1S/C18H24N2O4S/c1-13-7-16(13)17(21)20-11-18(12-20)15(4-6-25(18,22)23)10-24-9-14-3-2-5-19-8-14/h2-3,5,8,13,15-16H,4,6-7,9-12H2,1H3/t13-,15+,16+/m1/s1. The minimum Gasteiger partial charge on any atom is -0.376 e. The van der Waals surface area contributed by atoms with Crippen LogP contribution in [0.15, 0.2) is 24.5 Å². The van der Waals surface area contributed by atoms with Crippen molar-refractivity contribution in [3.05, 3.63) is 30.1 Å². The summed E-state index contributed by atoms with van der Waals surface area (Å²) >= 11 is 0. The van der Waals surface area contributed by atoms with Gasteiger partial charge in [0.05, 0.1) is 19.0 Å². The molecule has 136 valence electrons. The van der Waals surface area contributed by atoms with Crippen LogP contribution in [-0.2, 0) is 26.0 Å². The Bertz CT molecular complexity index is 759. The number of likely N-dealkylation sites (tertiary alicyclic amines) is 1. The molecule has 25 heavy (non-hydrogen) atoms. The summed E-state index contributed by atoms with van der Waals surface area (Å²) in [6.45, 7) is 3.61. The van der Waals surface area contributed by atoms with Crippen LogP contribution in [0.3, 0.4) is 0 Å². The van der Waals surface area contributed by atoms with Crippen molar-refractivity contribution in [2.24, 2.45) is 17.8 Å². The van der Waals surface area contributed by atoms with Crippen LogP contribution in [0.25, 0.3) is 0 Å². The van der Waals surface area contributed by atoms with E-state index in [0.717, 1.165) is 12.0 Å². The lowest BCUT2D eigenvalue weighted by Gasteiger charge is -2.50. The van der Waals surface area contributed by atoms with E-state index in [1.807, 2.05) is 12.1 Å². The number of carbonyl (C=O) groups is 1. The second-order valence-electron chi connectivity index (χ2n) is 7.76. The smallest absolute Gasteiger partial charge is 0.226 e. The monoisotopic (exact) mass is 364 g/mol. The summed E-state index contributed by atoms with van der Waals surface area (Å²) in [7, 11) is -3.17. The lowest BCUT2D eigenvalue weighted by molar-refractivity contribution is -0.139. The fourth-order valence-electron chi connectivity index (χ4n) is 4.17. The van der Waals surface area contributed by atoms with E-state index in [4.69, 9.17) is 4.74 Å². The molecule has 3 atom stereocenters. The number of sulfone groups is 1. The zero-order valence-electron chi connectivity index (χ0n) is 14.4. The van der Waals surface area contributed by atoms with E-state index in [9.17, 15) is 13.2 Å². The van der Waals surface area contributed by atoms with Gasteiger partial charge in [0.25, 0.3) is 0 Å². The van der Waals surface area contributed by atoms with Crippen molar-refractivity contribution in [2.75, 3.05) is 25.4 Å². The molecule has 1 amide bonds. The molecule has 3 fully saturated rings. The largest absolute Gasteiger partial charge is 0.376 e. The molecule has 0 radical (unpaired) electrons. The van der Waals surface area contributed by atoms with Gasteiger partial charge in [-0.3, -0.25) is 9.78 Å². The molecule has 0 aromatic carbocycles. The molecule has 1 aliphatic carbocycles. The zero-order chi connectivity index (χ0) is 17.7. The molecule has 0 N–H and O–H groups in total. The SMILES string of the molecule is C[C@@H]1C[C@@H]1C(=O)N1CC2(C1)[C@H](COCc1cccnc1)CCS2(=O)=O. The number of hydrogen-bond donors (Lipinski definition) is 0. The van der Waals surface area contributed by atoms with E-state index in [2.05, 4.69) is 11.9 Å². The van der Waals surface area contributed by atoms with Crippen molar-refractivity contribution in [1.82, 2.24) is 9.88 Å². The number of carbonyl (C=O) groups excluding carboxylic acids is 1. The predicted molar refractivity (Wildman–Crippen MR) is 92.4 cm³/mol. The Hall–Kier alpha value is -1.47. The number of rotatable bonds is 5. The Balaban J connectivity index is 1.38. The summed E-state index contributed by atoms with van der Waals surface area (Å²) in [5.74, 6) is 0.866. The van der Waals surface area contributed by atoms with Gasteiger partial charge in [-0.2, -0.15) is 0 Å². The summed E-state index contributed by atoms with van der Waals surface area (Å²) in [6, 6.07) is 3.79. The quantitative estimate of drug-likeness (QED) is 0.786. The van der Waals surface area contributed by atoms with Crippen molar-refractivity contribution < 1.29 is 17.9 Å². The Labute approximate surface area is 148 Å². The van der Waals surface area contributed by atoms with Crippen molar-refractivity contribution in [1.29, 1.82) is 0 Å². The molecule has 0 unspecified atom stereocenters. The van der Waals surface area contributed by atoms with Crippen LogP contribution in [-0.4, -0.2) is 54.4 Å². The minimum absolute atomic E-state index is 0.0325. The number of hydrogen-bond acceptors (Lipinski definition) is 5. The Morgan fingerprint density at radius 3 is 2.84 bits per heavy atom. The topological polar surface area (TPSA) is 76.6 Å². The zero-order valence-corrected chi connectivity index (χ0v) is 15.2. The second-order valence-corrected chi connectivity index (χ2v) is 10.2. The van der Waals surface area contributed by atoms with Crippen molar-refractivity contribution >= 4 is 15.7 Å². The van der Waals surface area contributed by atoms with Crippen molar-refractivity contribution in [2.45, 2.75) is 31.1 Å².